The van der Waals surface area contributed by atoms with Gasteiger partial charge in [0.2, 0.25) is 5.82 Å². The Morgan fingerprint density at radius 1 is 1.28 bits per heavy atom. The normalized spacial score (nSPS) is 12.6. The van der Waals surface area contributed by atoms with Crippen molar-refractivity contribution >= 4 is 0 Å². The number of aromatic nitrogens is 4. The molecule has 1 heterocycles. The highest BCUT2D eigenvalue weighted by molar-refractivity contribution is 5.52. The van der Waals surface area contributed by atoms with E-state index in [1.807, 2.05) is 30.3 Å². The Labute approximate surface area is 107 Å². The summed E-state index contributed by atoms with van der Waals surface area (Å²) in [5.74, 6) is 0.679. The summed E-state index contributed by atoms with van der Waals surface area (Å²) in [6.45, 7) is 6.11. The van der Waals surface area contributed by atoms with Crippen LogP contribution < -0.4 is 5.32 Å². The summed E-state index contributed by atoms with van der Waals surface area (Å²) >= 11 is 0. The van der Waals surface area contributed by atoms with Crippen LogP contribution in [0, 0.1) is 0 Å². The third-order valence-electron chi connectivity index (χ3n) is 2.72. The second-order valence-electron chi connectivity index (χ2n) is 4.35. The van der Waals surface area contributed by atoms with Crippen molar-refractivity contribution in [2.24, 2.45) is 0 Å². The van der Waals surface area contributed by atoms with E-state index < -0.39 is 0 Å². The zero-order chi connectivity index (χ0) is 12.8. The van der Waals surface area contributed by atoms with Gasteiger partial charge in [0.25, 0.3) is 0 Å². The van der Waals surface area contributed by atoms with E-state index in [0.717, 1.165) is 25.1 Å². The zero-order valence-corrected chi connectivity index (χ0v) is 10.9. The number of nitrogens with zero attached hydrogens (tertiary/aromatic N) is 4. The van der Waals surface area contributed by atoms with Gasteiger partial charge in [-0.25, -0.2) is 0 Å². The molecule has 0 amide bonds. The number of hydrogen-bond donors (Lipinski definition) is 1. The van der Waals surface area contributed by atoms with Crippen LogP contribution in [0.25, 0.3) is 11.4 Å². The Morgan fingerprint density at radius 3 is 2.78 bits per heavy atom. The number of nitrogens with one attached hydrogen (secondary N) is 1. The van der Waals surface area contributed by atoms with Crippen molar-refractivity contribution in [3.8, 4) is 11.4 Å². The topological polar surface area (TPSA) is 55.6 Å². The van der Waals surface area contributed by atoms with Crippen molar-refractivity contribution in [3.63, 3.8) is 0 Å². The highest BCUT2D eigenvalue weighted by Crippen LogP contribution is 2.13. The lowest BCUT2D eigenvalue weighted by Crippen LogP contribution is -2.25. The molecule has 0 radical (unpaired) electrons. The smallest absolute Gasteiger partial charge is 0.204 e. The molecule has 0 aliphatic heterocycles. The van der Waals surface area contributed by atoms with Crippen LogP contribution in [0.5, 0.6) is 0 Å². The van der Waals surface area contributed by atoms with Crippen LogP contribution in [0.4, 0.5) is 0 Å². The first-order valence-corrected chi connectivity index (χ1v) is 6.37. The maximum Gasteiger partial charge on any atom is 0.204 e. The number of tetrazole rings is 1. The maximum absolute atomic E-state index is 4.41. The molecule has 0 saturated carbocycles. The molecule has 96 valence electrons. The van der Waals surface area contributed by atoms with Gasteiger partial charge in [0.15, 0.2) is 0 Å². The van der Waals surface area contributed by atoms with Crippen LogP contribution in [0.15, 0.2) is 30.3 Å². The molecule has 1 aromatic carbocycles. The third kappa shape index (κ3) is 3.13. The van der Waals surface area contributed by atoms with Crippen molar-refractivity contribution in [1.82, 2.24) is 25.5 Å². The standard InChI is InChI=1S/C13H19N5/c1-3-9-14-10-11(2)18-16-13(15-17-18)12-7-5-4-6-8-12/h4-8,11,14H,3,9-10H2,1-2H3. The monoisotopic (exact) mass is 245 g/mol. The summed E-state index contributed by atoms with van der Waals surface area (Å²) in [6, 6.07) is 10.1. The van der Waals surface area contributed by atoms with Gasteiger partial charge in [0.05, 0.1) is 6.04 Å². The molecule has 2 aromatic rings. The van der Waals surface area contributed by atoms with Gasteiger partial charge in [-0.3, -0.25) is 0 Å². The third-order valence-corrected chi connectivity index (χ3v) is 2.72. The fraction of sp³-hybridized carbons (Fsp3) is 0.462. The van der Waals surface area contributed by atoms with Gasteiger partial charge in [-0.15, -0.1) is 10.2 Å². The van der Waals surface area contributed by atoms with Crippen LogP contribution in [0.2, 0.25) is 0 Å². The average molecular weight is 245 g/mol. The van der Waals surface area contributed by atoms with E-state index in [2.05, 4.69) is 34.6 Å². The lowest BCUT2D eigenvalue weighted by Gasteiger charge is -2.09. The van der Waals surface area contributed by atoms with Gasteiger partial charge in [-0.2, -0.15) is 4.80 Å². The lowest BCUT2D eigenvalue weighted by atomic mass is 10.2. The maximum atomic E-state index is 4.41. The van der Waals surface area contributed by atoms with Crippen molar-refractivity contribution in [3.05, 3.63) is 30.3 Å². The number of hydrogen-bond acceptors (Lipinski definition) is 4. The molecule has 0 bridgehead atoms. The quantitative estimate of drug-likeness (QED) is 0.790. The minimum absolute atomic E-state index is 0.210. The summed E-state index contributed by atoms with van der Waals surface area (Å²) in [5, 5.41) is 16.0. The van der Waals surface area contributed by atoms with Crippen LogP contribution in [0.3, 0.4) is 0 Å². The van der Waals surface area contributed by atoms with Crippen molar-refractivity contribution in [2.45, 2.75) is 26.3 Å². The van der Waals surface area contributed by atoms with E-state index in [9.17, 15) is 0 Å². The van der Waals surface area contributed by atoms with E-state index in [-0.39, 0.29) is 6.04 Å². The minimum atomic E-state index is 0.210. The highest BCUT2D eigenvalue weighted by atomic mass is 15.6. The molecule has 0 saturated heterocycles. The second-order valence-corrected chi connectivity index (χ2v) is 4.35. The van der Waals surface area contributed by atoms with E-state index in [4.69, 9.17) is 0 Å². The molecule has 18 heavy (non-hydrogen) atoms. The molecule has 5 nitrogen and oxygen atoms in total. The van der Waals surface area contributed by atoms with E-state index in [0.29, 0.717) is 5.82 Å². The summed E-state index contributed by atoms with van der Waals surface area (Å²) in [7, 11) is 0. The Bertz CT molecular complexity index is 465. The van der Waals surface area contributed by atoms with Crippen LogP contribution >= 0.6 is 0 Å². The molecule has 0 spiro atoms. The van der Waals surface area contributed by atoms with Gasteiger partial charge in [-0.05, 0) is 25.1 Å². The van der Waals surface area contributed by atoms with E-state index in [1.54, 1.807) is 4.80 Å². The zero-order valence-electron chi connectivity index (χ0n) is 10.9. The first-order chi connectivity index (χ1) is 8.81. The Balaban J connectivity index is 2.02. The molecule has 1 atom stereocenters. The first kappa shape index (κ1) is 12.7. The molecule has 5 heteroatoms. The molecule has 0 aliphatic rings. The minimum Gasteiger partial charge on any atom is -0.315 e. The average Bonchev–Trinajstić information content (AvgIpc) is 2.89. The Morgan fingerprint density at radius 2 is 2.06 bits per heavy atom. The molecule has 0 fully saturated rings. The van der Waals surface area contributed by atoms with Gasteiger partial charge in [0, 0.05) is 12.1 Å². The first-order valence-electron chi connectivity index (χ1n) is 6.37. The summed E-state index contributed by atoms with van der Waals surface area (Å²) < 4.78 is 0. The Kier molecular flexibility index (Phi) is 4.41. The Hall–Kier alpha value is -1.75. The lowest BCUT2D eigenvalue weighted by molar-refractivity contribution is 0.401. The van der Waals surface area contributed by atoms with Crippen LogP contribution in [-0.2, 0) is 0 Å². The number of benzene rings is 1. The van der Waals surface area contributed by atoms with Gasteiger partial charge < -0.3 is 5.32 Å². The van der Waals surface area contributed by atoms with Gasteiger partial charge in [0.1, 0.15) is 0 Å². The van der Waals surface area contributed by atoms with Crippen molar-refractivity contribution in [2.75, 3.05) is 13.1 Å². The summed E-state index contributed by atoms with van der Waals surface area (Å²) in [5.41, 5.74) is 0.998. The molecular formula is C13H19N5. The van der Waals surface area contributed by atoms with Crippen LogP contribution in [0.1, 0.15) is 26.3 Å². The van der Waals surface area contributed by atoms with Gasteiger partial charge >= 0.3 is 0 Å². The molecular weight excluding hydrogens is 226 g/mol. The fourth-order valence-electron chi connectivity index (χ4n) is 1.68. The summed E-state index contributed by atoms with van der Waals surface area (Å²) in [6.07, 6.45) is 1.13. The number of rotatable bonds is 6. The molecule has 1 unspecified atom stereocenters. The predicted molar refractivity (Wildman–Crippen MR) is 71.1 cm³/mol. The van der Waals surface area contributed by atoms with Crippen molar-refractivity contribution < 1.29 is 0 Å². The SMILES string of the molecule is CCCNCC(C)n1nnc(-c2ccccc2)n1. The van der Waals surface area contributed by atoms with E-state index in [1.165, 1.54) is 0 Å². The molecule has 0 aliphatic carbocycles. The van der Waals surface area contributed by atoms with E-state index >= 15 is 0 Å². The fourth-order valence-corrected chi connectivity index (χ4v) is 1.68. The van der Waals surface area contributed by atoms with Gasteiger partial charge in [-0.1, -0.05) is 37.3 Å². The predicted octanol–water partition coefficient (Wildman–Crippen LogP) is 1.90. The highest BCUT2D eigenvalue weighted by Gasteiger charge is 2.10. The molecule has 1 aromatic heterocycles. The largest absolute Gasteiger partial charge is 0.315 e. The van der Waals surface area contributed by atoms with Crippen LogP contribution in [-0.4, -0.2) is 33.3 Å². The summed E-state index contributed by atoms with van der Waals surface area (Å²) in [4.78, 5) is 1.67. The van der Waals surface area contributed by atoms with Crippen molar-refractivity contribution in [1.29, 1.82) is 0 Å². The molecule has 2 rings (SSSR count). The molecule has 1 N–H and O–H groups in total. The second kappa shape index (κ2) is 6.26.